The van der Waals surface area contributed by atoms with Crippen LogP contribution in [-0.4, -0.2) is 26.0 Å². The van der Waals surface area contributed by atoms with Crippen molar-refractivity contribution in [3.05, 3.63) is 89.0 Å². The van der Waals surface area contributed by atoms with Crippen molar-refractivity contribution < 1.29 is 19.0 Å². The van der Waals surface area contributed by atoms with E-state index in [1.807, 2.05) is 73.7 Å². The molecule has 4 rings (SSSR count). The van der Waals surface area contributed by atoms with Gasteiger partial charge < -0.3 is 24.8 Å². The standard InChI is InChI=1S/C26H28N2O4/c1-18-3-5-20(6-4-18)16-27-26(29)28-22(13-19-7-10-23(30-2)11-8-19)14-21-9-12-24-25(15-21)32-17-31-24/h3-12,15,22H,13-14,16-17H2,1-2H3,(H2,27,28,29)/t22-/m0/s1. The molecule has 0 fully saturated rings. The lowest BCUT2D eigenvalue weighted by Crippen LogP contribution is -2.43. The lowest BCUT2D eigenvalue weighted by Gasteiger charge is -2.20. The van der Waals surface area contributed by atoms with E-state index in [4.69, 9.17) is 14.2 Å². The Hall–Kier alpha value is -3.67. The maximum absolute atomic E-state index is 12.7. The first kappa shape index (κ1) is 21.6. The number of fused-ring (bicyclic) bond motifs is 1. The Bertz CT molecular complexity index is 1050. The normalized spacial score (nSPS) is 12.8. The molecule has 3 aromatic carbocycles. The Labute approximate surface area is 188 Å². The molecular formula is C26H28N2O4. The molecule has 32 heavy (non-hydrogen) atoms. The molecule has 1 heterocycles. The molecule has 0 saturated heterocycles. The van der Waals surface area contributed by atoms with Crippen LogP contribution in [-0.2, 0) is 19.4 Å². The first-order valence-electron chi connectivity index (χ1n) is 10.7. The van der Waals surface area contributed by atoms with Crippen LogP contribution in [0.15, 0.2) is 66.7 Å². The number of urea groups is 1. The average Bonchev–Trinajstić information content (AvgIpc) is 3.27. The molecule has 6 nitrogen and oxygen atoms in total. The topological polar surface area (TPSA) is 68.8 Å². The third kappa shape index (κ3) is 5.72. The van der Waals surface area contributed by atoms with E-state index in [9.17, 15) is 4.79 Å². The van der Waals surface area contributed by atoms with Crippen molar-refractivity contribution in [3.63, 3.8) is 0 Å². The molecule has 0 unspecified atom stereocenters. The molecule has 2 N–H and O–H groups in total. The molecule has 3 aromatic rings. The average molecular weight is 433 g/mol. The first-order valence-corrected chi connectivity index (χ1v) is 10.7. The molecule has 0 aliphatic carbocycles. The van der Waals surface area contributed by atoms with Crippen LogP contribution in [0.3, 0.4) is 0 Å². The van der Waals surface area contributed by atoms with Crippen molar-refractivity contribution in [1.29, 1.82) is 0 Å². The maximum Gasteiger partial charge on any atom is 0.315 e. The van der Waals surface area contributed by atoms with E-state index in [0.29, 0.717) is 19.4 Å². The molecule has 6 heteroatoms. The van der Waals surface area contributed by atoms with E-state index >= 15 is 0 Å². The molecule has 0 spiro atoms. The predicted molar refractivity (Wildman–Crippen MR) is 123 cm³/mol. The van der Waals surface area contributed by atoms with Crippen molar-refractivity contribution in [2.75, 3.05) is 13.9 Å². The second kappa shape index (κ2) is 10.1. The van der Waals surface area contributed by atoms with Gasteiger partial charge in [-0.05, 0) is 60.7 Å². The Morgan fingerprint density at radius 3 is 2.31 bits per heavy atom. The van der Waals surface area contributed by atoms with Crippen LogP contribution in [0.1, 0.15) is 22.3 Å². The highest BCUT2D eigenvalue weighted by Gasteiger charge is 2.18. The van der Waals surface area contributed by atoms with E-state index in [1.54, 1.807) is 7.11 Å². The summed E-state index contributed by atoms with van der Waals surface area (Å²) in [5, 5.41) is 6.10. The largest absolute Gasteiger partial charge is 0.497 e. The van der Waals surface area contributed by atoms with Crippen molar-refractivity contribution in [3.8, 4) is 17.2 Å². The van der Waals surface area contributed by atoms with Gasteiger partial charge in [0.15, 0.2) is 11.5 Å². The van der Waals surface area contributed by atoms with Crippen molar-refractivity contribution >= 4 is 6.03 Å². The maximum atomic E-state index is 12.7. The Kier molecular flexibility index (Phi) is 6.80. The van der Waals surface area contributed by atoms with Crippen LogP contribution in [0.2, 0.25) is 0 Å². The van der Waals surface area contributed by atoms with E-state index in [0.717, 1.165) is 33.9 Å². The summed E-state index contributed by atoms with van der Waals surface area (Å²) in [6.45, 7) is 2.77. The van der Waals surface area contributed by atoms with Gasteiger partial charge in [0, 0.05) is 12.6 Å². The fourth-order valence-corrected chi connectivity index (χ4v) is 3.70. The number of rotatable bonds is 8. The van der Waals surface area contributed by atoms with Crippen LogP contribution in [0, 0.1) is 6.92 Å². The Balaban J connectivity index is 1.43. The lowest BCUT2D eigenvalue weighted by molar-refractivity contribution is 0.174. The van der Waals surface area contributed by atoms with Crippen molar-refractivity contribution in [1.82, 2.24) is 10.6 Å². The lowest BCUT2D eigenvalue weighted by atomic mass is 9.98. The predicted octanol–water partition coefficient (Wildman–Crippen LogP) is 4.39. The molecule has 0 bridgehead atoms. The minimum absolute atomic E-state index is 0.0956. The first-order chi connectivity index (χ1) is 15.6. The molecular weight excluding hydrogens is 404 g/mol. The monoisotopic (exact) mass is 432 g/mol. The zero-order valence-corrected chi connectivity index (χ0v) is 18.4. The van der Waals surface area contributed by atoms with Gasteiger partial charge in [-0.15, -0.1) is 0 Å². The van der Waals surface area contributed by atoms with Gasteiger partial charge in [-0.1, -0.05) is 48.0 Å². The molecule has 0 radical (unpaired) electrons. The van der Waals surface area contributed by atoms with E-state index in [-0.39, 0.29) is 18.9 Å². The Morgan fingerprint density at radius 1 is 0.906 bits per heavy atom. The zero-order chi connectivity index (χ0) is 22.3. The molecule has 1 atom stereocenters. The summed E-state index contributed by atoms with van der Waals surface area (Å²) < 4.78 is 16.2. The van der Waals surface area contributed by atoms with Crippen LogP contribution in [0.5, 0.6) is 17.2 Å². The van der Waals surface area contributed by atoms with Gasteiger partial charge in [0.1, 0.15) is 5.75 Å². The number of amides is 2. The third-order valence-electron chi connectivity index (χ3n) is 5.47. The summed E-state index contributed by atoms with van der Waals surface area (Å²) in [5.41, 5.74) is 4.46. The molecule has 166 valence electrons. The van der Waals surface area contributed by atoms with E-state index in [1.165, 1.54) is 5.56 Å². The molecule has 2 amide bonds. The minimum Gasteiger partial charge on any atom is -0.497 e. The number of hydrogen-bond acceptors (Lipinski definition) is 4. The summed E-state index contributed by atoms with van der Waals surface area (Å²) in [5.74, 6) is 2.31. The van der Waals surface area contributed by atoms with Crippen LogP contribution in [0.25, 0.3) is 0 Å². The Morgan fingerprint density at radius 2 is 1.56 bits per heavy atom. The van der Waals surface area contributed by atoms with Crippen LogP contribution in [0.4, 0.5) is 4.79 Å². The van der Waals surface area contributed by atoms with Gasteiger partial charge in [-0.2, -0.15) is 0 Å². The number of ether oxygens (including phenoxy) is 3. The highest BCUT2D eigenvalue weighted by molar-refractivity contribution is 5.74. The number of methoxy groups -OCH3 is 1. The van der Waals surface area contributed by atoms with Crippen molar-refractivity contribution in [2.45, 2.75) is 32.4 Å². The summed E-state index contributed by atoms with van der Waals surface area (Å²) >= 11 is 0. The van der Waals surface area contributed by atoms with Gasteiger partial charge >= 0.3 is 6.03 Å². The fraction of sp³-hybridized carbons (Fsp3) is 0.269. The molecule has 1 aliphatic heterocycles. The summed E-state index contributed by atoms with van der Waals surface area (Å²) in [7, 11) is 1.65. The summed E-state index contributed by atoms with van der Waals surface area (Å²) in [6.07, 6.45) is 1.36. The SMILES string of the molecule is COc1ccc(C[C@@H](Cc2ccc3c(c2)OCO3)NC(=O)NCc2ccc(C)cc2)cc1. The molecule has 1 aliphatic rings. The zero-order valence-electron chi connectivity index (χ0n) is 18.4. The van der Waals surface area contributed by atoms with Gasteiger partial charge in [-0.25, -0.2) is 4.79 Å². The number of carbonyl (C=O) groups is 1. The number of hydrogen-bond donors (Lipinski definition) is 2. The number of aryl methyl sites for hydroxylation is 1. The second-order valence-electron chi connectivity index (χ2n) is 7.95. The third-order valence-corrected chi connectivity index (χ3v) is 5.47. The molecule has 0 aromatic heterocycles. The van der Waals surface area contributed by atoms with E-state index in [2.05, 4.69) is 10.6 Å². The minimum atomic E-state index is -0.190. The second-order valence-corrected chi connectivity index (χ2v) is 7.95. The van der Waals surface area contributed by atoms with E-state index < -0.39 is 0 Å². The number of carbonyl (C=O) groups excluding carboxylic acids is 1. The van der Waals surface area contributed by atoms with Gasteiger partial charge in [0.25, 0.3) is 0 Å². The molecule has 0 saturated carbocycles. The quantitative estimate of drug-likeness (QED) is 0.554. The highest BCUT2D eigenvalue weighted by Crippen LogP contribution is 2.33. The smallest absolute Gasteiger partial charge is 0.315 e. The highest BCUT2D eigenvalue weighted by atomic mass is 16.7. The van der Waals surface area contributed by atoms with Crippen molar-refractivity contribution in [2.24, 2.45) is 0 Å². The van der Waals surface area contributed by atoms with Gasteiger partial charge in [0.05, 0.1) is 7.11 Å². The van der Waals surface area contributed by atoms with Gasteiger partial charge in [0.2, 0.25) is 6.79 Å². The van der Waals surface area contributed by atoms with Crippen LogP contribution >= 0.6 is 0 Å². The summed E-state index contributed by atoms with van der Waals surface area (Å²) in [4.78, 5) is 12.7. The number of benzene rings is 3. The van der Waals surface area contributed by atoms with Gasteiger partial charge in [-0.3, -0.25) is 0 Å². The van der Waals surface area contributed by atoms with Crippen LogP contribution < -0.4 is 24.8 Å². The number of nitrogens with one attached hydrogen (secondary N) is 2. The summed E-state index contributed by atoms with van der Waals surface area (Å²) in [6, 6.07) is 21.7. The fourth-order valence-electron chi connectivity index (χ4n) is 3.70.